The van der Waals surface area contributed by atoms with Crippen molar-refractivity contribution in [2.45, 2.75) is 46.0 Å². The predicted molar refractivity (Wildman–Crippen MR) is 239 cm³/mol. The number of aliphatic hydroxyl groups is 1. The first-order chi connectivity index (χ1) is 30.1. The van der Waals surface area contributed by atoms with Gasteiger partial charge in [0, 0.05) is 67.3 Å². The molecule has 0 radical (unpaired) electrons. The van der Waals surface area contributed by atoms with Crippen LogP contribution < -0.4 is 45.2 Å². The van der Waals surface area contributed by atoms with E-state index in [1.165, 1.54) is 51.5 Å². The lowest BCUT2D eigenvalue weighted by Crippen LogP contribution is -2.39. The fraction of sp³-hybridized carbons (Fsp3) is 0.400. The van der Waals surface area contributed by atoms with Gasteiger partial charge in [-0.05, 0) is 25.0 Å². The van der Waals surface area contributed by atoms with E-state index < -0.39 is 46.1 Å². The van der Waals surface area contributed by atoms with Crippen LogP contribution in [0.3, 0.4) is 0 Å². The van der Waals surface area contributed by atoms with Crippen molar-refractivity contribution in [1.82, 2.24) is 27.4 Å². The second-order valence-corrected chi connectivity index (χ2v) is 13.7. The van der Waals surface area contributed by atoms with E-state index in [1.54, 1.807) is 20.9 Å². The molecular formula is C40H54N10O15. The standard InChI is InChI=1S/C14H17N3O4.C12H13N3O4.C6H10N4O2.C6H8O4.C2H6O/c1-5-21-11(18)6-8(2)10-7-9-12(15-10)16(3)14(20)17(4)13(9)19;1-6(4-9(16)17)8-5-7-10(13-8)14(2)12(19)15(3)11(7)18;1-9-4(8)3(7)5(11)10(2)6(9)12;1-4(6(8)9)3-5(7)10-2;1-2-3/h2,5-7H2,1,3-4H3;1,4-5H2,2-3H3,(H,16,17);7-8H2,1-2H3;1,3H2,2H3,(H,8,9);3H,2H2,1H3. The number of anilines is 2. The quantitative estimate of drug-likeness (QED) is 0.113. The zero-order valence-electron chi connectivity index (χ0n) is 37.5. The molecule has 7 N–H and O–H groups in total. The number of aliphatic hydroxyl groups excluding tert-OH is 1. The number of carboxylic acid groups (broad SMARTS) is 2. The lowest BCUT2D eigenvalue weighted by Gasteiger charge is -2.07. The Bertz CT molecular complexity index is 2810. The molecule has 0 aromatic carbocycles. The van der Waals surface area contributed by atoms with Gasteiger partial charge in [0.1, 0.15) is 23.1 Å². The van der Waals surface area contributed by atoms with Crippen LogP contribution in [-0.2, 0) is 83.8 Å². The molecule has 2 aliphatic rings. The SMILES string of the molecule is C=C(CC(=O)O)C1=Nc2c(c(=O)n(C)c(=O)n2C)C1.C=C(CC(=O)OC)C(=O)O.C=C(CC(=O)OCC)C1=Nc2c(c(=O)n(C)c(=O)n2C)C1.CCO.Cn1c(N)c(N)c(=O)n(C)c1=O. The summed E-state index contributed by atoms with van der Waals surface area (Å²) in [4.78, 5) is 121. The molecule has 25 heteroatoms. The normalized spacial score (nSPS) is 11.4. The van der Waals surface area contributed by atoms with Gasteiger partial charge in [-0.15, -0.1) is 0 Å². The summed E-state index contributed by atoms with van der Waals surface area (Å²) in [5.74, 6) is -2.54. The average Bonchev–Trinajstić information content (AvgIpc) is 3.92. The average molecular weight is 915 g/mol. The number of nitrogens with zero attached hydrogens (tertiary/aromatic N) is 8. The van der Waals surface area contributed by atoms with Crippen LogP contribution in [0.4, 0.5) is 23.1 Å². The molecule has 0 bridgehead atoms. The van der Waals surface area contributed by atoms with E-state index in [9.17, 15) is 47.9 Å². The smallest absolute Gasteiger partial charge is 0.332 e. The highest BCUT2D eigenvalue weighted by Crippen LogP contribution is 2.26. The molecule has 0 amide bonds. The third-order valence-corrected chi connectivity index (χ3v) is 9.10. The van der Waals surface area contributed by atoms with Gasteiger partial charge in [0.25, 0.3) is 16.7 Å². The Kier molecular flexibility index (Phi) is 20.4. The number of carbonyl (C=O) groups is 4. The Balaban J connectivity index is 0.000000441. The van der Waals surface area contributed by atoms with E-state index in [4.69, 9.17) is 31.5 Å². The third kappa shape index (κ3) is 13.8. The van der Waals surface area contributed by atoms with Gasteiger partial charge in [0.15, 0.2) is 0 Å². The van der Waals surface area contributed by atoms with Crippen molar-refractivity contribution >= 4 is 58.4 Å². The third-order valence-electron chi connectivity index (χ3n) is 9.10. The number of rotatable bonds is 10. The number of carbonyl (C=O) groups excluding carboxylic acids is 2. The molecule has 65 heavy (non-hydrogen) atoms. The van der Waals surface area contributed by atoms with Crippen LogP contribution in [0.2, 0.25) is 0 Å². The van der Waals surface area contributed by atoms with Crippen molar-refractivity contribution in [3.05, 3.63) is 110 Å². The molecule has 0 saturated heterocycles. The zero-order valence-corrected chi connectivity index (χ0v) is 37.5. The van der Waals surface area contributed by atoms with Gasteiger partial charge in [0.2, 0.25) is 0 Å². The highest BCUT2D eigenvalue weighted by Gasteiger charge is 2.26. The Morgan fingerprint density at radius 2 is 1.02 bits per heavy atom. The van der Waals surface area contributed by atoms with E-state index in [1.807, 2.05) is 0 Å². The first-order valence-electron chi connectivity index (χ1n) is 19.0. The summed E-state index contributed by atoms with van der Waals surface area (Å²) in [5, 5.41) is 24.5. The lowest BCUT2D eigenvalue weighted by molar-refractivity contribution is -0.142. The predicted octanol–water partition coefficient (Wildman–Crippen LogP) is -1.60. The first kappa shape index (κ1) is 55.1. The van der Waals surface area contributed by atoms with Gasteiger partial charge in [-0.3, -0.25) is 56.2 Å². The summed E-state index contributed by atoms with van der Waals surface area (Å²) in [6.07, 6.45) is 0.0123. The highest BCUT2D eigenvalue weighted by atomic mass is 16.5. The maximum absolute atomic E-state index is 12.1. The van der Waals surface area contributed by atoms with Gasteiger partial charge in [0.05, 0.1) is 55.5 Å². The number of nitrogen functional groups attached to an aromatic ring is 2. The molecule has 3 aromatic rings. The minimum atomic E-state index is -1.18. The molecule has 5 rings (SSSR count). The van der Waals surface area contributed by atoms with Crippen LogP contribution in [0.5, 0.6) is 0 Å². The number of hydrogen-bond acceptors (Lipinski definition) is 17. The molecule has 0 saturated carbocycles. The molecule has 0 aliphatic carbocycles. The number of ether oxygens (including phenoxy) is 2. The molecule has 25 nitrogen and oxygen atoms in total. The zero-order chi connectivity index (χ0) is 50.4. The highest BCUT2D eigenvalue weighted by molar-refractivity contribution is 6.08. The number of aliphatic carboxylic acids is 2. The van der Waals surface area contributed by atoms with Crippen LogP contribution in [-0.4, -0.2) is 98.3 Å². The van der Waals surface area contributed by atoms with Crippen molar-refractivity contribution < 1.29 is 44.0 Å². The maximum atomic E-state index is 12.1. The van der Waals surface area contributed by atoms with Crippen LogP contribution in [0.1, 0.15) is 44.2 Å². The Labute approximate surface area is 369 Å². The fourth-order valence-electron chi connectivity index (χ4n) is 5.46. The van der Waals surface area contributed by atoms with Crippen LogP contribution >= 0.6 is 0 Å². The number of nitrogens with two attached hydrogens (primary N) is 2. The first-order valence-corrected chi connectivity index (χ1v) is 19.0. The molecule has 0 spiro atoms. The van der Waals surface area contributed by atoms with Gasteiger partial charge in [-0.25, -0.2) is 29.2 Å². The minimum absolute atomic E-state index is 0.00287. The summed E-state index contributed by atoms with van der Waals surface area (Å²) in [6.45, 7) is 14.6. The van der Waals surface area contributed by atoms with E-state index in [0.717, 1.165) is 18.3 Å². The molecular weight excluding hydrogens is 860 g/mol. The van der Waals surface area contributed by atoms with Crippen LogP contribution in [0, 0.1) is 0 Å². The fourth-order valence-corrected chi connectivity index (χ4v) is 5.46. The van der Waals surface area contributed by atoms with E-state index in [-0.39, 0.29) is 73.1 Å². The second kappa shape index (κ2) is 24.0. The molecule has 5 heterocycles. The summed E-state index contributed by atoms with van der Waals surface area (Å²) in [5.41, 5.74) is 10.4. The van der Waals surface area contributed by atoms with E-state index >= 15 is 0 Å². The summed E-state index contributed by atoms with van der Waals surface area (Å²) in [6, 6.07) is 0. The van der Waals surface area contributed by atoms with Crippen molar-refractivity contribution in [3.8, 4) is 0 Å². The monoisotopic (exact) mass is 914 g/mol. The summed E-state index contributed by atoms with van der Waals surface area (Å²) >= 11 is 0. The maximum Gasteiger partial charge on any atom is 0.332 e. The van der Waals surface area contributed by atoms with Crippen LogP contribution in [0.25, 0.3) is 0 Å². The molecule has 354 valence electrons. The van der Waals surface area contributed by atoms with E-state index in [0.29, 0.717) is 46.1 Å². The number of esters is 2. The van der Waals surface area contributed by atoms with Crippen molar-refractivity contribution in [2.75, 3.05) is 31.8 Å². The Morgan fingerprint density at radius 1 is 0.631 bits per heavy atom. The molecule has 0 unspecified atom stereocenters. The molecule has 0 fully saturated rings. The molecule has 0 atom stereocenters. The second-order valence-electron chi connectivity index (χ2n) is 13.7. The largest absolute Gasteiger partial charge is 0.481 e. The van der Waals surface area contributed by atoms with E-state index in [2.05, 4.69) is 34.5 Å². The molecule has 2 aliphatic heterocycles. The van der Waals surface area contributed by atoms with Gasteiger partial charge in [-0.2, -0.15) is 0 Å². The van der Waals surface area contributed by atoms with Gasteiger partial charge >= 0.3 is 40.9 Å². The number of carboxylic acids is 2. The van der Waals surface area contributed by atoms with Crippen molar-refractivity contribution in [2.24, 2.45) is 52.3 Å². The van der Waals surface area contributed by atoms with Crippen molar-refractivity contribution in [1.29, 1.82) is 0 Å². The number of aliphatic imine (C=N–C) groups is 2. The lowest BCUT2D eigenvalue weighted by atomic mass is 10.0. The number of hydrogen-bond donors (Lipinski definition) is 5. The van der Waals surface area contributed by atoms with Crippen molar-refractivity contribution in [3.63, 3.8) is 0 Å². The Morgan fingerprint density at radius 3 is 1.38 bits per heavy atom. The minimum Gasteiger partial charge on any atom is -0.481 e. The summed E-state index contributed by atoms with van der Waals surface area (Å²) in [7, 11) is 9.89. The van der Waals surface area contributed by atoms with Crippen LogP contribution in [0.15, 0.2) is 75.2 Å². The Hall–Kier alpha value is -7.96. The molecule has 3 aromatic heterocycles. The summed E-state index contributed by atoms with van der Waals surface area (Å²) < 4.78 is 15.8. The number of aromatic nitrogens is 6. The van der Waals surface area contributed by atoms with Gasteiger partial charge in [-0.1, -0.05) is 19.7 Å². The number of fused-ring (bicyclic) bond motifs is 2. The topological polar surface area (TPSA) is 356 Å². The number of methoxy groups -OCH3 is 1. The van der Waals surface area contributed by atoms with Gasteiger partial charge < -0.3 is 36.3 Å².